The molecule has 14 heavy (non-hydrogen) atoms. The number of rotatable bonds is 1. The summed E-state index contributed by atoms with van der Waals surface area (Å²) in [6, 6.07) is 0. The van der Waals surface area contributed by atoms with Gasteiger partial charge in [-0.3, -0.25) is 4.98 Å². The van der Waals surface area contributed by atoms with Crippen molar-refractivity contribution in [2.24, 2.45) is 0 Å². The molecule has 1 rings (SSSR count). The van der Waals surface area contributed by atoms with Crippen LogP contribution in [-0.2, 0) is 6.18 Å². The van der Waals surface area contributed by atoms with E-state index in [4.69, 9.17) is 16.7 Å². The Hall–Kier alpha value is -1.30. The summed E-state index contributed by atoms with van der Waals surface area (Å²) in [5, 5.41) is 7.73. The molecule has 7 heteroatoms. The first-order valence-electron chi connectivity index (χ1n) is 3.28. The van der Waals surface area contributed by atoms with Gasteiger partial charge in [-0.15, -0.1) is 0 Å². The first-order valence-corrected chi connectivity index (χ1v) is 3.66. The van der Waals surface area contributed by atoms with Gasteiger partial charge in [0.05, 0.1) is 16.1 Å². The average molecular weight is 226 g/mol. The van der Waals surface area contributed by atoms with Gasteiger partial charge in [0.2, 0.25) is 0 Å². The van der Waals surface area contributed by atoms with Crippen LogP contribution in [0.4, 0.5) is 13.2 Å². The number of carboxylic acid groups (broad SMARTS) is 1. The van der Waals surface area contributed by atoms with E-state index >= 15 is 0 Å². The quantitative estimate of drug-likeness (QED) is 0.799. The van der Waals surface area contributed by atoms with Crippen LogP contribution < -0.4 is 0 Å². The Balaban J connectivity index is 3.45. The van der Waals surface area contributed by atoms with Crippen molar-refractivity contribution < 1.29 is 23.1 Å². The minimum Gasteiger partial charge on any atom is -0.478 e. The zero-order chi connectivity index (χ0) is 10.9. The number of pyridine rings is 1. The summed E-state index contributed by atoms with van der Waals surface area (Å²) in [7, 11) is 0. The third-order valence-corrected chi connectivity index (χ3v) is 1.70. The molecule has 1 aromatic rings. The van der Waals surface area contributed by atoms with Gasteiger partial charge in [-0.25, -0.2) is 4.79 Å². The van der Waals surface area contributed by atoms with Gasteiger partial charge < -0.3 is 5.11 Å². The maximum Gasteiger partial charge on any atom is 0.418 e. The Kier molecular flexibility index (Phi) is 2.66. The number of halogens is 4. The largest absolute Gasteiger partial charge is 0.478 e. The van der Waals surface area contributed by atoms with E-state index in [1.54, 1.807) is 0 Å². The minimum absolute atomic E-state index is 0.608. The van der Waals surface area contributed by atoms with E-state index < -0.39 is 28.3 Å². The van der Waals surface area contributed by atoms with Crippen LogP contribution >= 0.6 is 11.6 Å². The Labute approximate surface area is 81.1 Å². The monoisotopic (exact) mass is 225 g/mol. The standard InChI is InChI=1S/C7H3ClF3NO2/c8-4-2-12-1-3(6(13)14)5(4)7(9,10)11/h1-2H,(H,13,14). The second kappa shape index (κ2) is 3.45. The Morgan fingerprint density at radius 1 is 1.43 bits per heavy atom. The van der Waals surface area contributed by atoms with Gasteiger partial charge in [0.1, 0.15) is 0 Å². The average Bonchev–Trinajstić information content (AvgIpc) is 2.01. The summed E-state index contributed by atoms with van der Waals surface area (Å²) in [4.78, 5) is 13.7. The lowest BCUT2D eigenvalue weighted by Crippen LogP contribution is -2.14. The van der Waals surface area contributed by atoms with Gasteiger partial charge in [0.15, 0.2) is 0 Å². The second-order valence-electron chi connectivity index (χ2n) is 2.35. The highest BCUT2D eigenvalue weighted by atomic mass is 35.5. The van der Waals surface area contributed by atoms with Crippen molar-refractivity contribution in [1.82, 2.24) is 4.98 Å². The van der Waals surface area contributed by atoms with Crippen LogP contribution in [0.2, 0.25) is 5.02 Å². The van der Waals surface area contributed by atoms with Gasteiger partial charge in [-0.2, -0.15) is 13.2 Å². The maximum atomic E-state index is 12.3. The maximum absolute atomic E-state index is 12.3. The molecule has 0 atom stereocenters. The highest BCUT2D eigenvalue weighted by molar-refractivity contribution is 6.31. The molecule has 3 nitrogen and oxygen atoms in total. The molecular formula is C7H3ClF3NO2. The zero-order valence-corrected chi connectivity index (χ0v) is 7.23. The molecule has 76 valence electrons. The molecule has 0 aliphatic rings. The van der Waals surface area contributed by atoms with E-state index in [0.717, 1.165) is 6.20 Å². The van der Waals surface area contributed by atoms with Crippen molar-refractivity contribution in [2.45, 2.75) is 6.18 Å². The fraction of sp³-hybridized carbons (Fsp3) is 0.143. The van der Waals surface area contributed by atoms with Crippen molar-refractivity contribution >= 4 is 17.6 Å². The third kappa shape index (κ3) is 1.95. The van der Waals surface area contributed by atoms with Crippen molar-refractivity contribution in [2.75, 3.05) is 0 Å². The number of carboxylic acids is 1. The first kappa shape index (κ1) is 10.8. The SMILES string of the molecule is O=C(O)c1cncc(Cl)c1C(F)(F)F. The lowest BCUT2D eigenvalue weighted by molar-refractivity contribution is -0.138. The summed E-state index contributed by atoms with van der Waals surface area (Å²) in [6.45, 7) is 0. The molecule has 0 aliphatic carbocycles. The van der Waals surface area contributed by atoms with Crippen LogP contribution in [0.25, 0.3) is 0 Å². The number of aromatic carboxylic acids is 1. The fourth-order valence-corrected chi connectivity index (χ4v) is 1.15. The molecule has 1 aromatic heterocycles. The molecule has 0 saturated carbocycles. The summed E-state index contributed by atoms with van der Waals surface area (Å²) in [6.07, 6.45) is -3.44. The molecule has 0 fully saturated rings. The zero-order valence-electron chi connectivity index (χ0n) is 6.47. The summed E-state index contributed by atoms with van der Waals surface area (Å²) in [5.74, 6) is -1.72. The number of hydrogen-bond acceptors (Lipinski definition) is 2. The van der Waals surface area contributed by atoms with Crippen molar-refractivity contribution in [1.29, 1.82) is 0 Å². The van der Waals surface area contributed by atoms with Crippen LogP contribution in [0, 0.1) is 0 Å². The third-order valence-electron chi connectivity index (χ3n) is 1.41. The number of aromatic nitrogens is 1. The number of nitrogens with zero attached hydrogens (tertiary/aromatic N) is 1. The topological polar surface area (TPSA) is 50.2 Å². The van der Waals surface area contributed by atoms with Crippen molar-refractivity contribution in [3.05, 3.63) is 28.5 Å². The van der Waals surface area contributed by atoms with E-state index in [1.165, 1.54) is 0 Å². The van der Waals surface area contributed by atoms with Crippen LogP contribution in [0.15, 0.2) is 12.4 Å². The number of hydrogen-bond donors (Lipinski definition) is 1. The smallest absolute Gasteiger partial charge is 0.418 e. The minimum atomic E-state index is -4.80. The van der Waals surface area contributed by atoms with Crippen LogP contribution in [0.5, 0.6) is 0 Å². The molecule has 0 aliphatic heterocycles. The van der Waals surface area contributed by atoms with Crippen LogP contribution in [0.1, 0.15) is 15.9 Å². The first-order chi connectivity index (χ1) is 6.34. The summed E-state index contributed by atoms with van der Waals surface area (Å²) in [5.41, 5.74) is -2.33. The lowest BCUT2D eigenvalue weighted by Gasteiger charge is -2.10. The summed E-state index contributed by atoms with van der Waals surface area (Å²) < 4.78 is 36.9. The van der Waals surface area contributed by atoms with Gasteiger partial charge in [0.25, 0.3) is 0 Å². The van der Waals surface area contributed by atoms with Gasteiger partial charge in [-0.05, 0) is 0 Å². The molecule has 1 N–H and O–H groups in total. The predicted molar refractivity (Wildman–Crippen MR) is 41.2 cm³/mol. The van der Waals surface area contributed by atoms with Gasteiger partial charge in [-0.1, -0.05) is 11.6 Å². The van der Waals surface area contributed by atoms with E-state index in [9.17, 15) is 18.0 Å². The van der Waals surface area contributed by atoms with E-state index in [1.807, 2.05) is 0 Å². The molecule has 1 heterocycles. The van der Waals surface area contributed by atoms with E-state index in [0.29, 0.717) is 6.20 Å². The molecule has 0 spiro atoms. The van der Waals surface area contributed by atoms with Crippen LogP contribution in [-0.4, -0.2) is 16.1 Å². The molecular weight excluding hydrogens is 223 g/mol. The van der Waals surface area contributed by atoms with Crippen molar-refractivity contribution in [3.63, 3.8) is 0 Å². The molecule has 0 aromatic carbocycles. The predicted octanol–water partition coefficient (Wildman–Crippen LogP) is 2.45. The van der Waals surface area contributed by atoms with E-state index in [2.05, 4.69) is 4.98 Å². The molecule has 0 radical (unpaired) electrons. The fourth-order valence-electron chi connectivity index (χ4n) is 0.885. The molecule has 0 amide bonds. The normalized spacial score (nSPS) is 11.4. The highest BCUT2D eigenvalue weighted by Crippen LogP contribution is 2.36. The Bertz CT molecular complexity index is 378. The second-order valence-corrected chi connectivity index (χ2v) is 2.75. The molecule has 0 saturated heterocycles. The molecule has 0 unspecified atom stereocenters. The summed E-state index contributed by atoms with van der Waals surface area (Å²) >= 11 is 5.21. The Morgan fingerprint density at radius 3 is 2.36 bits per heavy atom. The Morgan fingerprint density at radius 2 is 2.00 bits per heavy atom. The van der Waals surface area contributed by atoms with Gasteiger partial charge in [0, 0.05) is 12.4 Å². The van der Waals surface area contributed by atoms with E-state index in [-0.39, 0.29) is 0 Å². The number of carbonyl (C=O) groups is 1. The molecule has 0 bridgehead atoms. The lowest BCUT2D eigenvalue weighted by atomic mass is 10.1. The number of alkyl halides is 3. The van der Waals surface area contributed by atoms with Crippen LogP contribution in [0.3, 0.4) is 0 Å². The van der Waals surface area contributed by atoms with Crippen molar-refractivity contribution in [3.8, 4) is 0 Å². The highest BCUT2D eigenvalue weighted by Gasteiger charge is 2.38. The van der Waals surface area contributed by atoms with Gasteiger partial charge >= 0.3 is 12.1 Å².